The molecular formula is C16H26N2O2. The highest BCUT2D eigenvalue weighted by atomic mass is 16.2. The molecule has 2 amide bonds. The van der Waals surface area contributed by atoms with Gasteiger partial charge in [0.1, 0.15) is 0 Å². The Bertz CT molecular complexity index is 411. The van der Waals surface area contributed by atoms with E-state index in [1.807, 2.05) is 26.0 Å². The summed E-state index contributed by atoms with van der Waals surface area (Å²) in [5.41, 5.74) is 0.720. The van der Waals surface area contributed by atoms with E-state index in [9.17, 15) is 9.59 Å². The Morgan fingerprint density at radius 1 is 1.25 bits per heavy atom. The first kappa shape index (κ1) is 16.5. The van der Waals surface area contributed by atoms with Gasteiger partial charge < -0.3 is 10.6 Å². The third-order valence-corrected chi connectivity index (χ3v) is 3.61. The van der Waals surface area contributed by atoms with Gasteiger partial charge in [-0.1, -0.05) is 45.9 Å². The largest absolute Gasteiger partial charge is 0.354 e. The van der Waals surface area contributed by atoms with Gasteiger partial charge >= 0.3 is 0 Å². The predicted octanol–water partition coefficient (Wildman–Crippen LogP) is 2.03. The van der Waals surface area contributed by atoms with Crippen LogP contribution in [0.15, 0.2) is 23.8 Å². The molecule has 4 heteroatoms. The van der Waals surface area contributed by atoms with Crippen LogP contribution in [0.1, 0.15) is 34.1 Å². The van der Waals surface area contributed by atoms with Gasteiger partial charge in [-0.05, 0) is 18.3 Å². The Hall–Kier alpha value is -1.58. The van der Waals surface area contributed by atoms with Crippen molar-refractivity contribution in [2.75, 3.05) is 13.1 Å². The van der Waals surface area contributed by atoms with Crippen LogP contribution in [0.2, 0.25) is 0 Å². The maximum atomic E-state index is 12.0. The van der Waals surface area contributed by atoms with E-state index in [-0.39, 0.29) is 17.7 Å². The number of amides is 2. The predicted molar refractivity (Wildman–Crippen MR) is 81.0 cm³/mol. The third kappa shape index (κ3) is 4.83. The second kappa shape index (κ2) is 7.88. The molecule has 0 aliphatic heterocycles. The van der Waals surface area contributed by atoms with Gasteiger partial charge in [-0.15, -0.1) is 0 Å². The van der Waals surface area contributed by atoms with Gasteiger partial charge in [0, 0.05) is 24.6 Å². The summed E-state index contributed by atoms with van der Waals surface area (Å²) in [5.74, 6) is 0.835. The summed E-state index contributed by atoms with van der Waals surface area (Å²) >= 11 is 0. The molecule has 2 atom stereocenters. The number of carbonyl (C=O) groups excluding carboxylic acids is 2. The van der Waals surface area contributed by atoms with Crippen molar-refractivity contribution >= 4 is 11.8 Å². The number of carbonyl (C=O) groups is 2. The number of allylic oxidation sites excluding steroid dienone is 2. The highest BCUT2D eigenvalue weighted by Gasteiger charge is 2.18. The number of rotatable bonds is 6. The highest BCUT2D eigenvalue weighted by Crippen LogP contribution is 2.24. The Morgan fingerprint density at radius 3 is 2.45 bits per heavy atom. The van der Waals surface area contributed by atoms with Crippen LogP contribution in [0.5, 0.6) is 0 Å². The Labute approximate surface area is 121 Å². The maximum Gasteiger partial charge on any atom is 0.251 e. The number of hydrogen-bond donors (Lipinski definition) is 2. The number of hydrogen-bond acceptors (Lipinski definition) is 2. The molecule has 4 nitrogen and oxygen atoms in total. The van der Waals surface area contributed by atoms with Gasteiger partial charge in [-0.3, -0.25) is 9.59 Å². The smallest absolute Gasteiger partial charge is 0.251 e. The lowest BCUT2D eigenvalue weighted by Crippen LogP contribution is -2.37. The quantitative estimate of drug-likeness (QED) is 0.730. The topological polar surface area (TPSA) is 58.2 Å². The first-order chi connectivity index (χ1) is 9.45. The van der Waals surface area contributed by atoms with Crippen molar-refractivity contribution in [3.05, 3.63) is 23.8 Å². The fraction of sp³-hybridized carbons (Fsp3) is 0.625. The molecule has 1 aliphatic carbocycles. The minimum Gasteiger partial charge on any atom is -0.354 e. The molecular weight excluding hydrogens is 252 g/mol. The normalized spacial score (nSPS) is 21.6. The van der Waals surface area contributed by atoms with Crippen molar-refractivity contribution in [2.24, 2.45) is 17.8 Å². The zero-order valence-corrected chi connectivity index (χ0v) is 12.9. The summed E-state index contributed by atoms with van der Waals surface area (Å²) in [6.07, 6.45) is 7.12. The van der Waals surface area contributed by atoms with Crippen molar-refractivity contribution in [2.45, 2.75) is 34.1 Å². The third-order valence-electron chi connectivity index (χ3n) is 3.61. The SMILES string of the molecule is CCC1C=CC(C(=O)NCCNC(=O)C(C)C)=CC1C. The first-order valence-electron chi connectivity index (χ1n) is 7.41. The van der Waals surface area contributed by atoms with Crippen LogP contribution in [0.25, 0.3) is 0 Å². The Kier molecular flexibility index (Phi) is 6.49. The van der Waals surface area contributed by atoms with E-state index in [0.717, 1.165) is 12.0 Å². The molecule has 0 fully saturated rings. The van der Waals surface area contributed by atoms with Gasteiger partial charge in [0.05, 0.1) is 0 Å². The summed E-state index contributed by atoms with van der Waals surface area (Å²) in [6, 6.07) is 0. The van der Waals surface area contributed by atoms with Crippen LogP contribution < -0.4 is 10.6 Å². The summed E-state index contributed by atoms with van der Waals surface area (Å²) < 4.78 is 0. The van der Waals surface area contributed by atoms with E-state index in [1.165, 1.54) is 0 Å². The summed E-state index contributed by atoms with van der Waals surface area (Å²) in [7, 11) is 0. The van der Waals surface area contributed by atoms with Crippen LogP contribution in [0.4, 0.5) is 0 Å². The fourth-order valence-corrected chi connectivity index (χ4v) is 2.19. The molecule has 112 valence electrons. The van der Waals surface area contributed by atoms with Gasteiger partial charge in [-0.25, -0.2) is 0 Å². The average molecular weight is 278 g/mol. The molecule has 0 spiro atoms. The molecule has 0 bridgehead atoms. The monoisotopic (exact) mass is 278 g/mol. The Balaban J connectivity index is 2.34. The van der Waals surface area contributed by atoms with E-state index in [4.69, 9.17) is 0 Å². The molecule has 0 aromatic heterocycles. The van der Waals surface area contributed by atoms with E-state index >= 15 is 0 Å². The van der Waals surface area contributed by atoms with Gasteiger partial charge in [0.25, 0.3) is 5.91 Å². The van der Waals surface area contributed by atoms with Gasteiger partial charge in [0.15, 0.2) is 0 Å². The molecule has 1 aliphatic rings. The van der Waals surface area contributed by atoms with Crippen LogP contribution in [0.3, 0.4) is 0 Å². The standard InChI is InChI=1S/C16H26N2O2/c1-5-13-6-7-14(10-12(13)4)16(20)18-9-8-17-15(19)11(2)3/h6-7,10-13H,5,8-9H2,1-4H3,(H,17,19)(H,18,20). The van der Waals surface area contributed by atoms with Crippen molar-refractivity contribution in [3.8, 4) is 0 Å². The Morgan fingerprint density at radius 2 is 1.90 bits per heavy atom. The average Bonchev–Trinajstić information content (AvgIpc) is 2.42. The molecule has 0 aromatic rings. The summed E-state index contributed by atoms with van der Waals surface area (Å²) in [4.78, 5) is 23.3. The van der Waals surface area contributed by atoms with Crippen LogP contribution in [-0.2, 0) is 9.59 Å². The molecule has 0 saturated heterocycles. The molecule has 0 saturated carbocycles. The fourth-order valence-electron chi connectivity index (χ4n) is 2.19. The van der Waals surface area contributed by atoms with Crippen molar-refractivity contribution in [1.82, 2.24) is 10.6 Å². The van der Waals surface area contributed by atoms with Gasteiger partial charge in [0.2, 0.25) is 5.91 Å². The minimum absolute atomic E-state index is 0.00966. The molecule has 1 rings (SSSR count). The van der Waals surface area contributed by atoms with E-state index in [1.54, 1.807) is 0 Å². The highest BCUT2D eigenvalue weighted by molar-refractivity contribution is 5.96. The van der Waals surface area contributed by atoms with Crippen LogP contribution >= 0.6 is 0 Å². The first-order valence-corrected chi connectivity index (χ1v) is 7.41. The zero-order chi connectivity index (χ0) is 15.1. The lowest BCUT2D eigenvalue weighted by Gasteiger charge is -2.21. The van der Waals surface area contributed by atoms with Crippen molar-refractivity contribution in [3.63, 3.8) is 0 Å². The van der Waals surface area contributed by atoms with Crippen LogP contribution in [0, 0.1) is 17.8 Å². The molecule has 0 radical (unpaired) electrons. The van der Waals surface area contributed by atoms with Crippen molar-refractivity contribution < 1.29 is 9.59 Å². The molecule has 2 unspecified atom stereocenters. The summed E-state index contributed by atoms with van der Waals surface area (Å²) in [5, 5.41) is 5.60. The minimum atomic E-state index is -0.0681. The van der Waals surface area contributed by atoms with E-state index in [2.05, 4.69) is 30.6 Å². The summed E-state index contributed by atoms with van der Waals surface area (Å²) in [6.45, 7) is 8.89. The lowest BCUT2D eigenvalue weighted by atomic mass is 9.85. The zero-order valence-electron chi connectivity index (χ0n) is 12.9. The molecule has 0 heterocycles. The van der Waals surface area contributed by atoms with Crippen molar-refractivity contribution in [1.29, 1.82) is 0 Å². The second-order valence-electron chi connectivity index (χ2n) is 5.61. The maximum absolute atomic E-state index is 12.0. The van der Waals surface area contributed by atoms with E-state index in [0.29, 0.717) is 24.9 Å². The molecule has 0 aromatic carbocycles. The van der Waals surface area contributed by atoms with Crippen LogP contribution in [-0.4, -0.2) is 24.9 Å². The van der Waals surface area contributed by atoms with E-state index < -0.39 is 0 Å². The number of nitrogens with one attached hydrogen (secondary N) is 2. The molecule has 2 N–H and O–H groups in total. The molecule has 20 heavy (non-hydrogen) atoms. The van der Waals surface area contributed by atoms with Gasteiger partial charge in [-0.2, -0.15) is 0 Å². The lowest BCUT2D eigenvalue weighted by molar-refractivity contribution is -0.124. The second-order valence-corrected chi connectivity index (χ2v) is 5.61.